The minimum Gasteiger partial charge on any atom is -0.465 e. The standard InChI is InChI=1S/C16H22N2O2/c1-6-20-16(19)12(5)15-17-13-9-11(4)7-8-14(13)18(15)10(2)3/h7-10,12H,6H2,1-5H3. The summed E-state index contributed by atoms with van der Waals surface area (Å²) in [5.74, 6) is 0.200. The zero-order valence-corrected chi connectivity index (χ0v) is 12.8. The maximum absolute atomic E-state index is 12.0. The van der Waals surface area contributed by atoms with Crippen LogP contribution < -0.4 is 0 Å². The van der Waals surface area contributed by atoms with Crippen molar-refractivity contribution >= 4 is 17.0 Å². The van der Waals surface area contributed by atoms with Gasteiger partial charge in [0.1, 0.15) is 11.7 Å². The fraction of sp³-hybridized carbons (Fsp3) is 0.500. The van der Waals surface area contributed by atoms with Crippen molar-refractivity contribution in [2.24, 2.45) is 0 Å². The molecule has 0 aliphatic rings. The molecule has 20 heavy (non-hydrogen) atoms. The minimum absolute atomic E-state index is 0.221. The van der Waals surface area contributed by atoms with E-state index < -0.39 is 0 Å². The number of benzene rings is 1. The third-order valence-electron chi connectivity index (χ3n) is 3.42. The molecule has 1 heterocycles. The van der Waals surface area contributed by atoms with Crippen molar-refractivity contribution in [2.75, 3.05) is 6.61 Å². The van der Waals surface area contributed by atoms with Crippen LogP contribution in [-0.4, -0.2) is 22.1 Å². The molecule has 0 saturated heterocycles. The lowest BCUT2D eigenvalue weighted by Crippen LogP contribution is -2.18. The number of hydrogen-bond donors (Lipinski definition) is 0. The lowest BCUT2D eigenvalue weighted by molar-refractivity contribution is -0.144. The molecule has 0 saturated carbocycles. The third kappa shape index (κ3) is 2.55. The van der Waals surface area contributed by atoms with Crippen LogP contribution in [0.5, 0.6) is 0 Å². The second-order valence-electron chi connectivity index (χ2n) is 5.40. The topological polar surface area (TPSA) is 44.1 Å². The van der Waals surface area contributed by atoms with Crippen LogP contribution in [0.1, 0.15) is 51.0 Å². The van der Waals surface area contributed by atoms with E-state index in [4.69, 9.17) is 4.74 Å². The van der Waals surface area contributed by atoms with Crippen molar-refractivity contribution in [1.82, 2.24) is 9.55 Å². The molecule has 0 aliphatic carbocycles. The Balaban J connectivity index is 2.57. The summed E-state index contributed by atoms with van der Waals surface area (Å²) >= 11 is 0. The first-order valence-corrected chi connectivity index (χ1v) is 7.10. The molecule has 0 amide bonds. The highest BCUT2D eigenvalue weighted by atomic mass is 16.5. The van der Waals surface area contributed by atoms with Gasteiger partial charge in [-0.25, -0.2) is 4.98 Å². The Kier molecular flexibility index (Phi) is 4.12. The second kappa shape index (κ2) is 5.65. The molecule has 0 aliphatic heterocycles. The van der Waals surface area contributed by atoms with Crippen LogP contribution in [0.2, 0.25) is 0 Å². The van der Waals surface area contributed by atoms with Crippen molar-refractivity contribution in [3.05, 3.63) is 29.6 Å². The molecule has 1 unspecified atom stereocenters. The largest absolute Gasteiger partial charge is 0.465 e. The number of imidazole rings is 1. The number of nitrogens with zero attached hydrogens (tertiary/aromatic N) is 2. The maximum atomic E-state index is 12.0. The molecule has 0 fully saturated rings. The minimum atomic E-state index is -0.356. The summed E-state index contributed by atoms with van der Waals surface area (Å²) in [6.45, 7) is 10.3. The Labute approximate surface area is 119 Å². The van der Waals surface area contributed by atoms with Crippen LogP contribution in [0.25, 0.3) is 11.0 Å². The molecule has 2 aromatic rings. The zero-order valence-electron chi connectivity index (χ0n) is 12.8. The van der Waals surface area contributed by atoms with Crippen LogP contribution >= 0.6 is 0 Å². The fourth-order valence-corrected chi connectivity index (χ4v) is 2.45. The molecule has 0 spiro atoms. The van der Waals surface area contributed by atoms with Gasteiger partial charge in [0.2, 0.25) is 0 Å². The van der Waals surface area contributed by atoms with Crippen molar-refractivity contribution in [3.8, 4) is 0 Å². The van der Waals surface area contributed by atoms with Gasteiger partial charge in [0, 0.05) is 6.04 Å². The number of esters is 1. The van der Waals surface area contributed by atoms with Crippen LogP contribution in [0.15, 0.2) is 18.2 Å². The molecular formula is C16H22N2O2. The number of aromatic nitrogens is 2. The lowest BCUT2D eigenvalue weighted by atomic mass is 10.1. The summed E-state index contributed by atoms with van der Waals surface area (Å²) in [6.07, 6.45) is 0. The molecule has 1 aromatic heterocycles. The number of rotatable bonds is 4. The average molecular weight is 274 g/mol. The molecule has 0 bridgehead atoms. The van der Waals surface area contributed by atoms with Gasteiger partial charge in [0.25, 0.3) is 0 Å². The first kappa shape index (κ1) is 14.6. The van der Waals surface area contributed by atoms with E-state index in [1.54, 1.807) is 0 Å². The van der Waals surface area contributed by atoms with Gasteiger partial charge in [-0.3, -0.25) is 4.79 Å². The predicted octanol–water partition coefficient (Wildman–Crippen LogP) is 3.59. The summed E-state index contributed by atoms with van der Waals surface area (Å²) in [5, 5.41) is 0. The predicted molar refractivity (Wildman–Crippen MR) is 79.9 cm³/mol. The SMILES string of the molecule is CCOC(=O)C(C)c1nc2cc(C)ccc2n1C(C)C. The van der Waals surface area contributed by atoms with Gasteiger partial charge in [-0.2, -0.15) is 0 Å². The van der Waals surface area contributed by atoms with Crippen molar-refractivity contribution in [1.29, 1.82) is 0 Å². The molecule has 1 aromatic carbocycles. The molecule has 108 valence electrons. The van der Waals surface area contributed by atoms with Crippen molar-refractivity contribution in [3.63, 3.8) is 0 Å². The maximum Gasteiger partial charge on any atom is 0.316 e. The van der Waals surface area contributed by atoms with Crippen LogP contribution in [0, 0.1) is 6.92 Å². The van der Waals surface area contributed by atoms with Gasteiger partial charge >= 0.3 is 5.97 Å². The highest BCUT2D eigenvalue weighted by Gasteiger charge is 2.24. The third-order valence-corrected chi connectivity index (χ3v) is 3.42. The highest BCUT2D eigenvalue weighted by molar-refractivity contribution is 5.81. The van der Waals surface area contributed by atoms with Gasteiger partial charge in [0.05, 0.1) is 17.6 Å². The smallest absolute Gasteiger partial charge is 0.316 e. The lowest BCUT2D eigenvalue weighted by Gasteiger charge is -2.16. The molecule has 2 rings (SSSR count). The monoisotopic (exact) mass is 274 g/mol. The Morgan fingerprint density at radius 1 is 1.35 bits per heavy atom. The molecule has 0 radical (unpaired) electrons. The first-order valence-electron chi connectivity index (χ1n) is 7.10. The summed E-state index contributed by atoms with van der Waals surface area (Å²) in [5.41, 5.74) is 3.17. The summed E-state index contributed by atoms with van der Waals surface area (Å²) in [6, 6.07) is 6.44. The average Bonchev–Trinajstić information content (AvgIpc) is 2.76. The molecular weight excluding hydrogens is 252 g/mol. The van der Waals surface area contributed by atoms with E-state index in [2.05, 4.69) is 41.6 Å². The Bertz CT molecular complexity index is 629. The van der Waals surface area contributed by atoms with Gasteiger partial charge in [-0.15, -0.1) is 0 Å². The normalized spacial score (nSPS) is 12.9. The van der Waals surface area contributed by atoms with E-state index in [0.29, 0.717) is 6.61 Å². The number of carbonyl (C=O) groups excluding carboxylic acids is 1. The highest BCUT2D eigenvalue weighted by Crippen LogP contribution is 2.27. The van der Waals surface area contributed by atoms with E-state index in [-0.39, 0.29) is 17.9 Å². The van der Waals surface area contributed by atoms with Crippen molar-refractivity contribution in [2.45, 2.75) is 46.6 Å². The van der Waals surface area contributed by atoms with Crippen molar-refractivity contribution < 1.29 is 9.53 Å². The van der Waals surface area contributed by atoms with E-state index >= 15 is 0 Å². The van der Waals surface area contributed by atoms with E-state index in [0.717, 1.165) is 16.9 Å². The number of ether oxygens (including phenoxy) is 1. The summed E-state index contributed by atoms with van der Waals surface area (Å²) in [7, 11) is 0. The second-order valence-corrected chi connectivity index (χ2v) is 5.40. The quantitative estimate of drug-likeness (QED) is 0.800. The molecule has 1 atom stereocenters. The first-order chi connectivity index (χ1) is 9.45. The van der Waals surface area contributed by atoms with Gasteiger partial charge < -0.3 is 9.30 Å². The number of aryl methyl sites for hydroxylation is 1. The number of hydrogen-bond acceptors (Lipinski definition) is 3. The molecule has 4 nitrogen and oxygen atoms in total. The van der Waals surface area contributed by atoms with E-state index in [1.165, 1.54) is 5.56 Å². The molecule has 0 N–H and O–H groups in total. The number of fused-ring (bicyclic) bond motifs is 1. The Morgan fingerprint density at radius 3 is 2.65 bits per heavy atom. The summed E-state index contributed by atoms with van der Waals surface area (Å²) < 4.78 is 7.24. The molecule has 4 heteroatoms. The van der Waals surface area contributed by atoms with Gasteiger partial charge in [-0.05, 0) is 52.3 Å². The summed E-state index contributed by atoms with van der Waals surface area (Å²) in [4.78, 5) is 16.6. The Hall–Kier alpha value is -1.84. The van der Waals surface area contributed by atoms with Gasteiger partial charge in [0.15, 0.2) is 0 Å². The van der Waals surface area contributed by atoms with Crippen LogP contribution in [0.3, 0.4) is 0 Å². The van der Waals surface area contributed by atoms with Crippen LogP contribution in [-0.2, 0) is 9.53 Å². The van der Waals surface area contributed by atoms with E-state index in [1.807, 2.05) is 20.8 Å². The number of carbonyl (C=O) groups is 1. The fourth-order valence-electron chi connectivity index (χ4n) is 2.45. The van der Waals surface area contributed by atoms with E-state index in [9.17, 15) is 4.79 Å². The van der Waals surface area contributed by atoms with Gasteiger partial charge in [-0.1, -0.05) is 6.07 Å². The van der Waals surface area contributed by atoms with Crippen LogP contribution in [0.4, 0.5) is 0 Å². The zero-order chi connectivity index (χ0) is 14.9. The Morgan fingerprint density at radius 2 is 2.05 bits per heavy atom.